The van der Waals surface area contributed by atoms with E-state index in [1.807, 2.05) is 10.8 Å². The van der Waals surface area contributed by atoms with Crippen LogP contribution in [-0.4, -0.2) is 27.5 Å². The van der Waals surface area contributed by atoms with E-state index >= 15 is 0 Å². The maximum Gasteiger partial charge on any atom is 0.240 e. The molecule has 2 aliphatic carbocycles. The number of nitrogens with zero attached hydrogens (tertiary/aromatic N) is 2. The fourth-order valence-electron chi connectivity index (χ4n) is 2.63. The molecule has 2 saturated carbocycles. The molecule has 3 rings (SSSR count). The van der Waals surface area contributed by atoms with Crippen LogP contribution in [0.3, 0.4) is 0 Å². The van der Waals surface area contributed by atoms with Gasteiger partial charge in [0.1, 0.15) is 6.54 Å². The summed E-state index contributed by atoms with van der Waals surface area (Å²) in [5.74, 6) is 0.103. The van der Waals surface area contributed by atoms with Crippen molar-refractivity contribution in [3.05, 3.63) is 18.2 Å². The first kappa shape index (κ1) is 12.7. The Labute approximate surface area is 113 Å². The van der Waals surface area contributed by atoms with E-state index in [0.717, 1.165) is 25.1 Å². The second kappa shape index (κ2) is 5.74. The normalized spacial score (nSPS) is 19.8. The average Bonchev–Trinajstić information content (AvgIpc) is 2.88. The lowest BCUT2D eigenvalue weighted by molar-refractivity contribution is -0.122. The molecule has 5 nitrogen and oxygen atoms in total. The van der Waals surface area contributed by atoms with Crippen LogP contribution in [0.5, 0.6) is 0 Å². The van der Waals surface area contributed by atoms with E-state index in [9.17, 15) is 4.79 Å². The molecule has 0 saturated heterocycles. The number of nitrogens with one attached hydrogen (secondary N) is 2. The molecule has 19 heavy (non-hydrogen) atoms. The number of carbonyl (C=O) groups is 1. The van der Waals surface area contributed by atoms with Crippen molar-refractivity contribution in [2.75, 3.05) is 0 Å². The fourth-order valence-corrected chi connectivity index (χ4v) is 2.63. The van der Waals surface area contributed by atoms with Gasteiger partial charge in [-0.25, -0.2) is 4.98 Å². The Morgan fingerprint density at radius 3 is 2.79 bits per heavy atom. The number of carbonyl (C=O) groups excluding carboxylic acids is 1. The smallest absolute Gasteiger partial charge is 0.240 e. The van der Waals surface area contributed by atoms with E-state index < -0.39 is 0 Å². The van der Waals surface area contributed by atoms with E-state index in [1.54, 1.807) is 6.33 Å². The average molecular weight is 262 g/mol. The third-order valence-corrected chi connectivity index (χ3v) is 3.88. The number of amides is 1. The lowest BCUT2D eigenvalue weighted by atomic mass is 10.2. The van der Waals surface area contributed by atoms with Gasteiger partial charge in [-0.2, -0.15) is 0 Å². The minimum atomic E-state index is 0.103. The van der Waals surface area contributed by atoms with E-state index in [-0.39, 0.29) is 5.91 Å². The van der Waals surface area contributed by atoms with Crippen LogP contribution in [0.4, 0.5) is 0 Å². The van der Waals surface area contributed by atoms with Gasteiger partial charge in [0.25, 0.3) is 0 Å². The zero-order chi connectivity index (χ0) is 13.1. The molecule has 0 atom stereocenters. The van der Waals surface area contributed by atoms with Crippen LogP contribution in [0.1, 0.15) is 44.2 Å². The number of imidazole rings is 1. The van der Waals surface area contributed by atoms with Gasteiger partial charge < -0.3 is 15.2 Å². The summed E-state index contributed by atoms with van der Waals surface area (Å²) in [6, 6.07) is 1.09. The summed E-state index contributed by atoms with van der Waals surface area (Å²) in [5.41, 5.74) is 1.01. The minimum absolute atomic E-state index is 0.103. The third kappa shape index (κ3) is 3.80. The highest BCUT2D eigenvalue weighted by Crippen LogP contribution is 2.19. The fraction of sp³-hybridized carbons (Fsp3) is 0.714. The predicted octanol–water partition coefficient (Wildman–Crippen LogP) is 1.19. The molecule has 0 aliphatic heterocycles. The number of hydrogen-bond donors (Lipinski definition) is 2. The zero-order valence-corrected chi connectivity index (χ0v) is 11.3. The highest BCUT2D eigenvalue weighted by atomic mass is 16.2. The zero-order valence-electron chi connectivity index (χ0n) is 11.3. The first-order valence-electron chi connectivity index (χ1n) is 7.33. The first-order valence-corrected chi connectivity index (χ1v) is 7.33. The van der Waals surface area contributed by atoms with Gasteiger partial charge in [0.15, 0.2) is 0 Å². The van der Waals surface area contributed by atoms with Crippen LogP contribution in [-0.2, 0) is 17.9 Å². The van der Waals surface area contributed by atoms with E-state index in [2.05, 4.69) is 15.6 Å². The van der Waals surface area contributed by atoms with Gasteiger partial charge in [-0.15, -0.1) is 0 Å². The molecule has 1 amide bonds. The molecule has 0 spiro atoms. The Kier molecular flexibility index (Phi) is 3.82. The Morgan fingerprint density at radius 2 is 2.05 bits per heavy atom. The molecule has 1 aromatic rings. The quantitative estimate of drug-likeness (QED) is 0.809. The van der Waals surface area contributed by atoms with Gasteiger partial charge in [-0.1, -0.05) is 12.8 Å². The summed E-state index contributed by atoms with van der Waals surface area (Å²) < 4.78 is 1.87. The monoisotopic (exact) mass is 262 g/mol. The molecule has 0 aromatic carbocycles. The molecule has 1 aromatic heterocycles. The molecular formula is C14H22N4O. The van der Waals surface area contributed by atoms with Gasteiger partial charge in [-0.3, -0.25) is 4.79 Å². The van der Waals surface area contributed by atoms with Gasteiger partial charge >= 0.3 is 0 Å². The summed E-state index contributed by atoms with van der Waals surface area (Å²) in [6.45, 7) is 1.19. The summed E-state index contributed by atoms with van der Waals surface area (Å²) in [4.78, 5) is 16.2. The van der Waals surface area contributed by atoms with E-state index in [4.69, 9.17) is 0 Å². The van der Waals surface area contributed by atoms with Crippen molar-refractivity contribution in [1.29, 1.82) is 0 Å². The van der Waals surface area contributed by atoms with Crippen molar-refractivity contribution >= 4 is 5.91 Å². The number of aromatic nitrogens is 2. The maximum atomic E-state index is 11.9. The molecule has 0 radical (unpaired) electrons. The van der Waals surface area contributed by atoms with E-state index in [1.165, 1.54) is 25.7 Å². The second-order valence-corrected chi connectivity index (χ2v) is 5.74. The first-order chi connectivity index (χ1) is 9.29. The van der Waals surface area contributed by atoms with Crippen LogP contribution in [0.25, 0.3) is 0 Å². The van der Waals surface area contributed by atoms with Crippen molar-refractivity contribution in [2.24, 2.45) is 0 Å². The Morgan fingerprint density at radius 1 is 1.26 bits per heavy atom. The third-order valence-electron chi connectivity index (χ3n) is 3.88. The molecule has 2 fully saturated rings. The van der Waals surface area contributed by atoms with Gasteiger partial charge in [0, 0.05) is 24.8 Å². The molecule has 104 valence electrons. The molecule has 1 heterocycles. The molecule has 0 bridgehead atoms. The SMILES string of the molecule is O=C(Cn1cnc(CNC2CC2)c1)NC1CCCC1. The van der Waals surface area contributed by atoms with Crippen molar-refractivity contribution in [1.82, 2.24) is 20.2 Å². The van der Waals surface area contributed by atoms with Crippen LogP contribution < -0.4 is 10.6 Å². The largest absolute Gasteiger partial charge is 0.352 e. The Bertz CT molecular complexity index is 432. The molecule has 0 unspecified atom stereocenters. The highest BCUT2D eigenvalue weighted by molar-refractivity contribution is 5.76. The molecule has 2 N–H and O–H groups in total. The summed E-state index contributed by atoms with van der Waals surface area (Å²) in [5, 5.41) is 6.52. The highest BCUT2D eigenvalue weighted by Gasteiger charge is 2.20. The van der Waals surface area contributed by atoms with Crippen molar-refractivity contribution < 1.29 is 4.79 Å². The molecule has 2 aliphatic rings. The van der Waals surface area contributed by atoms with Gasteiger partial charge in [0.05, 0.1) is 12.0 Å². The van der Waals surface area contributed by atoms with Crippen LogP contribution in [0.15, 0.2) is 12.5 Å². The van der Waals surface area contributed by atoms with Gasteiger partial charge in [0.2, 0.25) is 5.91 Å². The number of hydrogen-bond acceptors (Lipinski definition) is 3. The lowest BCUT2D eigenvalue weighted by Gasteiger charge is -2.11. The summed E-state index contributed by atoms with van der Waals surface area (Å²) in [7, 11) is 0. The summed E-state index contributed by atoms with van der Waals surface area (Å²) >= 11 is 0. The molecular weight excluding hydrogens is 240 g/mol. The van der Waals surface area contributed by atoms with Crippen molar-refractivity contribution in [2.45, 2.75) is 63.7 Å². The summed E-state index contributed by atoms with van der Waals surface area (Å²) in [6.07, 6.45) is 11.0. The minimum Gasteiger partial charge on any atom is -0.352 e. The molecule has 5 heteroatoms. The number of rotatable bonds is 6. The van der Waals surface area contributed by atoms with E-state index in [0.29, 0.717) is 18.6 Å². The maximum absolute atomic E-state index is 11.9. The topological polar surface area (TPSA) is 59.0 Å². The van der Waals surface area contributed by atoms with Gasteiger partial charge in [-0.05, 0) is 25.7 Å². The Hall–Kier alpha value is -1.36. The van der Waals surface area contributed by atoms with Crippen LogP contribution in [0, 0.1) is 0 Å². The standard InChI is InChI=1S/C14H22N4O/c19-14(17-12-3-1-2-4-12)9-18-8-13(16-10-18)7-15-11-5-6-11/h8,10-12,15H,1-7,9H2,(H,17,19). The lowest BCUT2D eigenvalue weighted by Crippen LogP contribution is -2.34. The van der Waals surface area contributed by atoms with Crippen LogP contribution >= 0.6 is 0 Å². The van der Waals surface area contributed by atoms with Crippen LogP contribution in [0.2, 0.25) is 0 Å². The van der Waals surface area contributed by atoms with Crippen molar-refractivity contribution in [3.8, 4) is 0 Å². The Balaban J connectivity index is 1.44. The second-order valence-electron chi connectivity index (χ2n) is 5.74. The predicted molar refractivity (Wildman–Crippen MR) is 72.5 cm³/mol. The van der Waals surface area contributed by atoms with Crippen molar-refractivity contribution in [3.63, 3.8) is 0 Å².